The minimum atomic E-state index is -0.409. The average molecular weight is 417 g/mol. The van der Waals surface area contributed by atoms with Crippen LogP contribution in [0.15, 0.2) is 48.5 Å². The number of nitrogens with one attached hydrogen (secondary N) is 2. The number of hydrogen-bond acceptors (Lipinski definition) is 6. The lowest BCUT2D eigenvalue weighted by Crippen LogP contribution is -2.30. The molecule has 0 heterocycles. The highest BCUT2D eigenvalue weighted by Crippen LogP contribution is 2.27. The molecule has 146 valence electrons. The normalized spacial score (nSPS) is 9.93. The molecule has 2 aromatic carbocycles. The maximum Gasteiger partial charge on any atom is 0.325 e. The predicted octanol–water partition coefficient (Wildman–Crippen LogP) is 2.23. The molecular formula is C20H20N2O4S2. The third-order valence-electron chi connectivity index (χ3n) is 3.88. The summed E-state index contributed by atoms with van der Waals surface area (Å²) in [7, 11) is 2.64. The van der Waals surface area contributed by atoms with E-state index >= 15 is 0 Å². The highest BCUT2D eigenvalue weighted by atomic mass is 32.1. The van der Waals surface area contributed by atoms with Crippen molar-refractivity contribution in [2.24, 2.45) is 0 Å². The third kappa shape index (κ3) is 5.58. The van der Waals surface area contributed by atoms with Gasteiger partial charge in [-0.3, -0.25) is 9.59 Å². The van der Waals surface area contributed by atoms with Gasteiger partial charge < -0.3 is 20.1 Å². The number of thiocarbonyl (C=S) groups is 2. The fourth-order valence-corrected chi connectivity index (χ4v) is 2.97. The molecule has 0 atom stereocenters. The number of hydrogen-bond donors (Lipinski definition) is 2. The number of carbonyl (C=O) groups excluding carboxylic acids is 2. The summed E-state index contributed by atoms with van der Waals surface area (Å²) in [6.45, 7) is -0.0468. The standard InChI is InChI=1S/C20H20N2O4S2/c1-25-17(23)11-21-19(27)15-9-5-3-7-13(15)14-8-4-6-10-16(14)20(28)22-12-18(24)26-2/h3-10H,11-12H2,1-2H3,(H,21,27)(H,22,28). The van der Waals surface area contributed by atoms with Crippen LogP contribution in [0.3, 0.4) is 0 Å². The molecule has 0 amide bonds. The molecule has 0 fully saturated rings. The Labute approximate surface area is 174 Å². The number of esters is 2. The first-order valence-electron chi connectivity index (χ1n) is 8.36. The second kappa shape index (κ2) is 10.5. The Morgan fingerprint density at radius 3 is 1.46 bits per heavy atom. The van der Waals surface area contributed by atoms with Gasteiger partial charge in [-0.25, -0.2) is 0 Å². The number of methoxy groups -OCH3 is 2. The van der Waals surface area contributed by atoms with E-state index < -0.39 is 11.9 Å². The summed E-state index contributed by atoms with van der Waals surface area (Å²) in [4.78, 5) is 23.6. The van der Waals surface area contributed by atoms with Gasteiger partial charge in [0.1, 0.15) is 23.1 Å². The van der Waals surface area contributed by atoms with Crippen molar-refractivity contribution in [3.63, 3.8) is 0 Å². The first kappa shape index (κ1) is 21.5. The number of carbonyl (C=O) groups is 2. The quantitative estimate of drug-likeness (QED) is 0.526. The SMILES string of the molecule is COC(=O)CNC(=S)c1ccccc1-c1ccccc1C(=S)NCC(=O)OC. The van der Waals surface area contributed by atoms with Gasteiger partial charge in [0.25, 0.3) is 0 Å². The van der Waals surface area contributed by atoms with Gasteiger partial charge in [0.15, 0.2) is 0 Å². The summed E-state index contributed by atoms with van der Waals surface area (Å²) in [5.74, 6) is -0.818. The molecule has 0 aliphatic heterocycles. The maximum absolute atomic E-state index is 11.4. The Bertz CT molecular complexity index is 826. The van der Waals surface area contributed by atoms with Crippen molar-refractivity contribution in [3.05, 3.63) is 59.7 Å². The second-order valence-corrected chi connectivity index (χ2v) is 6.43. The maximum atomic E-state index is 11.4. The Kier molecular flexibility index (Phi) is 8.03. The van der Waals surface area contributed by atoms with Gasteiger partial charge in [0.2, 0.25) is 0 Å². The molecule has 2 aromatic rings. The van der Waals surface area contributed by atoms with E-state index in [1.54, 1.807) is 0 Å². The summed E-state index contributed by atoms with van der Waals surface area (Å²) >= 11 is 10.9. The molecule has 0 spiro atoms. The zero-order valence-electron chi connectivity index (χ0n) is 15.5. The zero-order chi connectivity index (χ0) is 20.5. The number of rotatable bonds is 7. The van der Waals surface area contributed by atoms with Gasteiger partial charge in [-0.2, -0.15) is 0 Å². The molecule has 0 aromatic heterocycles. The van der Waals surface area contributed by atoms with Crippen LogP contribution in [-0.4, -0.2) is 49.2 Å². The lowest BCUT2D eigenvalue weighted by molar-refractivity contribution is -0.140. The molecule has 2 rings (SSSR count). The summed E-state index contributed by atoms with van der Waals surface area (Å²) in [6.07, 6.45) is 0. The van der Waals surface area contributed by atoms with Gasteiger partial charge in [-0.1, -0.05) is 73.0 Å². The van der Waals surface area contributed by atoms with Crippen LogP contribution in [0.25, 0.3) is 11.1 Å². The number of benzene rings is 2. The molecular weight excluding hydrogens is 396 g/mol. The van der Waals surface area contributed by atoms with Crippen LogP contribution in [0.1, 0.15) is 11.1 Å². The molecule has 0 bridgehead atoms. The Morgan fingerprint density at radius 1 is 0.750 bits per heavy atom. The van der Waals surface area contributed by atoms with E-state index in [9.17, 15) is 9.59 Å². The van der Waals surface area contributed by atoms with E-state index in [0.717, 1.165) is 22.3 Å². The summed E-state index contributed by atoms with van der Waals surface area (Å²) < 4.78 is 9.27. The molecule has 0 saturated carbocycles. The first-order valence-corrected chi connectivity index (χ1v) is 9.18. The van der Waals surface area contributed by atoms with Crippen molar-refractivity contribution in [1.82, 2.24) is 10.6 Å². The second-order valence-electron chi connectivity index (χ2n) is 5.61. The molecule has 6 nitrogen and oxygen atoms in total. The van der Waals surface area contributed by atoms with E-state index in [1.807, 2.05) is 48.5 Å². The molecule has 0 radical (unpaired) electrons. The molecule has 8 heteroatoms. The Morgan fingerprint density at radius 2 is 1.11 bits per heavy atom. The van der Waals surface area contributed by atoms with Crippen LogP contribution in [-0.2, 0) is 19.1 Å². The van der Waals surface area contributed by atoms with E-state index in [1.165, 1.54) is 14.2 Å². The van der Waals surface area contributed by atoms with Gasteiger partial charge in [-0.15, -0.1) is 0 Å². The lowest BCUT2D eigenvalue weighted by Gasteiger charge is -2.16. The molecule has 0 saturated heterocycles. The smallest absolute Gasteiger partial charge is 0.325 e. The third-order valence-corrected chi connectivity index (χ3v) is 4.60. The van der Waals surface area contributed by atoms with E-state index in [2.05, 4.69) is 20.1 Å². The number of ether oxygens (including phenoxy) is 2. The highest BCUT2D eigenvalue weighted by Gasteiger charge is 2.15. The van der Waals surface area contributed by atoms with Crippen LogP contribution < -0.4 is 10.6 Å². The van der Waals surface area contributed by atoms with Crippen LogP contribution in [0.5, 0.6) is 0 Å². The van der Waals surface area contributed by atoms with Crippen molar-refractivity contribution < 1.29 is 19.1 Å². The van der Waals surface area contributed by atoms with Crippen molar-refractivity contribution in [3.8, 4) is 11.1 Å². The topological polar surface area (TPSA) is 76.7 Å². The summed E-state index contributed by atoms with van der Waals surface area (Å²) in [5, 5.41) is 5.81. The fraction of sp³-hybridized carbons (Fsp3) is 0.200. The largest absolute Gasteiger partial charge is 0.468 e. The Hall–Kier alpha value is -2.84. The minimum Gasteiger partial charge on any atom is -0.468 e. The first-order chi connectivity index (χ1) is 13.5. The van der Waals surface area contributed by atoms with Crippen molar-refractivity contribution >= 4 is 46.4 Å². The van der Waals surface area contributed by atoms with Crippen molar-refractivity contribution in [1.29, 1.82) is 0 Å². The predicted molar refractivity (Wildman–Crippen MR) is 115 cm³/mol. The Balaban J connectivity index is 2.33. The van der Waals surface area contributed by atoms with Gasteiger partial charge >= 0.3 is 11.9 Å². The highest BCUT2D eigenvalue weighted by molar-refractivity contribution is 7.81. The fourth-order valence-electron chi connectivity index (χ4n) is 2.47. The van der Waals surface area contributed by atoms with Crippen LogP contribution in [0.4, 0.5) is 0 Å². The van der Waals surface area contributed by atoms with Crippen molar-refractivity contribution in [2.75, 3.05) is 27.3 Å². The van der Waals surface area contributed by atoms with E-state index in [0.29, 0.717) is 9.98 Å². The van der Waals surface area contributed by atoms with Gasteiger partial charge in [0, 0.05) is 11.1 Å². The summed E-state index contributed by atoms with van der Waals surface area (Å²) in [5.41, 5.74) is 3.21. The monoisotopic (exact) mass is 416 g/mol. The van der Waals surface area contributed by atoms with Crippen molar-refractivity contribution in [2.45, 2.75) is 0 Å². The van der Waals surface area contributed by atoms with Crippen LogP contribution in [0, 0.1) is 0 Å². The van der Waals surface area contributed by atoms with E-state index in [-0.39, 0.29) is 13.1 Å². The zero-order valence-corrected chi connectivity index (χ0v) is 17.1. The van der Waals surface area contributed by atoms with Gasteiger partial charge in [-0.05, 0) is 11.1 Å². The minimum absolute atomic E-state index is 0.0234. The average Bonchev–Trinajstić information content (AvgIpc) is 2.75. The molecule has 0 unspecified atom stereocenters. The van der Waals surface area contributed by atoms with Gasteiger partial charge in [0.05, 0.1) is 14.2 Å². The van der Waals surface area contributed by atoms with E-state index in [4.69, 9.17) is 24.4 Å². The summed E-state index contributed by atoms with van der Waals surface area (Å²) in [6, 6.07) is 15.1. The lowest BCUT2D eigenvalue weighted by atomic mass is 9.95. The molecule has 28 heavy (non-hydrogen) atoms. The molecule has 0 aliphatic rings. The molecule has 0 aliphatic carbocycles. The van der Waals surface area contributed by atoms with Crippen LogP contribution in [0.2, 0.25) is 0 Å². The van der Waals surface area contributed by atoms with Crippen LogP contribution >= 0.6 is 24.4 Å². The molecule has 2 N–H and O–H groups in total.